The van der Waals surface area contributed by atoms with Crippen molar-refractivity contribution in [3.8, 4) is 0 Å². The Bertz CT molecular complexity index is 776. The molecule has 2 aromatic rings. The van der Waals surface area contributed by atoms with Crippen LogP contribution in [0.15, 0.2) is 35.4 Å². The number of pyridine rings is 1. The molecule has 2 aromatic heterocycles. The molecule has 0 radical (unpaired) electrons. The topological polar surface area (TPSA) is 133 Å². The van der Waals surface area contributed by atoms with E-state index in [0.717, 1.165) is 6.29 Å². The predicted molar refractivity (Wildman–Crippen MR) is 85.2 cm³/mol. The number of fused-ring (bicyclic) bond motifs is 1. The number of β-amino-alcohol motifs (C(OH)–C–C–N with tert-alkyl or cyclic N) is 1. The number of carboxylic acid groups (broad SMARTS) is 1. The first-order valence-corrected chi connectivity index (χ1v) is 7.29. The standard InChI is InChI=1S/C9H6N2O2.C6H12N2O3/c12-6-7-1-3-11-4-2-9(13)10-8(11)5-7;9-5-3-7-1-4(5)2-8-6(10)11/h1-6H;4-5,7-9H,1-3H2,(H,10,11)/t;4-,5-/m.1/s1. The van der Waals surface area contributed by atoms with Crippen LogP contribution >= 0.6 is 0 Å². The maximum atomic E-state index is 10.9. The Labute approximate surface area is 137 Å². The van der Waals surface area contributed by atoms with Crippen molar-refractivity contribution in [2.24, 2.45) is 5.92 Å². The summed E-state index contributed by atoms with van der Waals surface area (Å²) in [5, 5.41) is 22.7. The number of aldehydes is 1. The molecular weight excluding hydrogens is 316 g/mol. The van der Waals surface area contributed by atoms with E-state index in [1.54, 1.807) is 28.9 Å². The fourth-order valence-corrected chi connectivity index (χ4v) is 2.24. The first-order valence-electron chi connectivity index (χ1n) is 7.29. The number of hydrogen-bond donors (Lipinski definition) is 4. The van der Waals surface area contributed by atoms with Gasteiger partial charge in [0, 0.05) is 49.6 Å². The van der Waals surface area contributed by atoms with Crippen LogP contribution in [0.3, 0.4) is 0 Å². The van der Waals surface area contributed by atoms with Crippen LogP contribution in [-0.2, 0) is 0 Å². The quantitative estimate of drug-likeness (QED) is 0.548. The Morgan fingerprint density at radius 2 is 2.17 bits per heavy atom. The number of hydrogen-bond acceptors (Lipinski definition) is 6. The molecule has 3 heterocycles. The van der Waals surface area contributed by atoms with E-state index in [2.05, 4.69) is 15.6 Å². The molecule has 3 rings (SSSR count). The summed E-state index contributed by atoms with van der Waals surface area (Å²) < 4.78 is 1.67. The minimum absolute atomic E-state index is 0.0195. The highest BCUT2D eigenvalue weighted by Gasteiger charge is 2.24. The molecule has 0 saturated carbocycles. The summed E-state index contributed by atoms with van der Waals surface area (Å²) in [6.45, 7) is 1.57. The zero-order valence-corrected chi connectivity index (χ0v) is 12.8. The molecule has 9 nitrogen and oxygen atoms in total. The van der Waals surface area contributed by atoms with Crippen LogP contribution in [0.25, 0.3) is 5.65 Å². The van der Waals surface area contributed by atoms with Gasteiger partial charge in [-0.05, 0) is 12.1 Å². The summed E-state index contributed by atoms with van der Waals surface area (Å²) in [6, 6.07) is 4.59. The van der Waals surface area contributed by atoms with Crippen LogP contribution in [0, 0.1) is 5.92 Å². The minimum Gasteiger partial charge on any atom is -0.465 e. The molecule has 9 heteroatoms. The molecule has 1 aliphatic heterocycles. The first-order chi connectivity index (χ1) is 11.5. The molecular formula is C15H18N4O5. The first kappa shape index (κ1) is 17.6. The lowest BCUT2D eigenvalue weighted by molar-refractivity contribution is 0.112. The van der Waals surface area contributed by atoms with E-state index in [4.69, 9.17) is 5.11 Å². The van der Waals surface area contributed by atoms with E-state index < -0.39 is 12.2 Å². The summed E-state index contributed by atoms with van der Waals surface area (Å²) in [6.07, 6.45) is 2.56. The van der Waals surface area contributed by atoms with Crippen molar-refractivity contribution in [1.29, 1.82) is 0 Å². The van der Waals surface area contributed by atoms with Gasteiger partial charge < -0.3 is 25.2 Å². The third-order valence-corrected chi connectivity index (χ3v) is 3.55. The lowest BCUT2D eigenvalue weighted by atomic mass is 10.1. The van der Waals surface area contributed by atoms with Crippen molar-refractivity contribution in [3.63, 3.8) is 0 Å². The molecule has 0 aromatic carbocycles. The predicted octanol–water partition coefficient (Wildman–Crippen LogP) is -0.659. The van der Waals surface area contributed by atoms with Crippen LogP contribution in [0.2, 0.25) is 0 Å². The van der Waals surface area contributed by atoms with Crippen LogP contribution in [0.1, 0.15) is 10.4 Å². The monoisotopic (exact) mass is 334 g/mol. The number of carbonyl (C=O) groups excluding carboxylic acids is 1. The second-order valence-corrected chi connectivity index (χ2v) is 5.28. The fraction of sp³-hybridized carbons (Fsp3) is 0.333. The third-order valence-electron chi connectivity index (χ3n) is 3.55. The van der Waals surface area contributed by atoms with Gasteiger partial charge in [-0.3, -0.25) is 9.59 Å². The Morgan fingerprint density at radius 1 is 1.42 bits per heavy atom. The Balaban J connectivity index is 0.000000177. The van der Waals surface area contributed by atoms with Crippen molar-refractivity contribution < 1.29 is 19.8 Å². The maximum absolute atomic E-state index is 10.9. The molecule has 0 unspecified atom stereocenters. The van der Waals surface area contributed by atoms with Crippen LogP contribution in [-0.4, -0.2) is 57.7 Å². The lowest BCUT2D eigenvalue weighted by Gasteiger charge is -2.11. The van der Waals surface area contributed by atoms with Gasteiger partial charge >= 0.3 is 6.09 Å². The zero-order chi connectivity index (χ0) is 17.5. The highest BCUT2D eigenvalue weighted by molar-refractivity contribution is 5.76. The van der Waals surface area contributed by atoms with Crippen molar-refractivity contribution in [1.82, 2.24) is 20.0 Å². The molecule has 2 atom stereocenters. The average molecular weight is 334 g/mol. The van der Waals surface area contributed by atoms with E-state index in [1.165, 1.54) is 6.07 Å². The summed E-state index contributed by atoms with van der Waals surface area (Å²) in [5.74, 6) is 0.0195. The van der Waals surface area contributed by atoms with E-state index in [-0.39, 0.29) is 11.5 Å². The number of amides is 1. The average Bonchev–Trinajstić information content (AvgIpc) is 2.98. The highest BCUT2D eigenvalue weighted by atomic mass is 16.4. The largest absolute Gasteiger partial charge is 0.465 e. The van der Waals surface area contributed by atoms with Gasteiger partial charge in [-0.2, -0.15) is 4.98 Å². The number of carbonyl (C=O) groups is 2. The SMILES string of the molecule is O=C(O)NC[C@H]1CNC[C@H]1O.O=Cc1ccn2ccc(=O)nc2c1. The third kappa shape index (κ3) is 4.86. The van der Waals surface area contributed by atoms with Gasteiger partial charge in [0.05, 0.1) is 6.10 Å². The second-order valence-electron chi connectivity index (χ2n) is 5.28. The Morgan fingerprint density at radius 3 is 2.79 bits per heavy atom. The van der Waals surface area contributed by atoms with E-state index in [1.807, 2.05) is 0 Å². The smallest absolute Gasteiger partial charge is 0.404 e. The number of nitrogens with zero attached hydrogens (tertiary/aromatic N) is 2. The fourth-order valence-electron chi connectivity index (χ4n) is 2.24. The van der Waals surface area contributed by atoms with Gasteiger partial charge in [0.2, 0.25) is 0 Å². The van der Waals surface area contributed by atoms with Crippen LogP contribution in [0.5, 0.6) is 0 Å². The molecule has 0 spiro atoms. The van der Waals surface area contributed by atoms with Gasteiger partial charge in [0.15, 0.2) is 0 Å². The van der Waals surface area contributed by atoms with Gasteiger partial charge in [0.1, 0.15) is 11.9 Å². The van der Waals surface area contributed by atoms with Gasteiger partial charge in [0.25, 0.3) is 5.56 Å². The van der Waals surface area contributed by atoms with Gasteiger partial charge in [-0.1, -0.05) is 0 Å². The molecule has 0 aliphatic carbocycles. The molecule has 1 saturated heterocycles. The number of rotatable bonds is 3. The van der Waals surface area contributed by atoms with E-state index in [0.29, 0.717) is 30.8 Å². The Kier molecular flexibility index (Phi) is 5.99. The summed E-state index contributed by atoms with van der Waals surface area (Å²) in [7, 11) is 0. The number of nitrogens with one attached hydrogen (secondary N) is 2. The number of aliphatic hydroxyl groups is 1. The maximum Gasteiger partial charge on any atom is 0.404 e. The van der Waals surface area contributed by atoms with Gasteiger partial charge in [-0.25, -0.2) is 4.79 Å². The second kappa shape index (κ2) is 8.18. The van der Waals surface area contributed by atoms with E-state index >= 15 is 0 Å². The molecule has 128 valence electrons. The minimum atomic E-state index is -1.04. The van der Waals surface area contributed by atoms with Gasteiger partial charge in [-0.15, -0.1) is 0 Å². The normalized spacial score (nSPS) is 19.4. The summed E-state index contributed by atoms with van der Waals surface area (Å²) in [5.41, 5.74) is 0.693. The van der Waals surface area contributed by atoms with Crippen molar-refractivity contribution in [2.75, 3.05) is 19.6 Å². The molecule has 4 N–H and O–H groups in total. The zero-order valence-electron chi connectivity index (χ0n) is 12.8. The van der Waals surface area contributed by atoms with E-state index in [9.17, 15) is 19.5 Å². The number of aliphatic hydroxyl groups excluding tert-OH is 1. The Hall–Kier alpha value is -2.78. The van der Waals surface area contributed by atoms with Crippen LogP contribution < -0.4 is 16.2 Å². The number of aromatic nitrogens is 2. The molecule has 0 bridgehead atoms. The summed E-state index contributed by atoms with van der Waals surface area (Å²) >= 11 is 0. The molecule has 1 amide bonds. The van der Waals surface area contributed by atoms with Crippen molar-refractivity contribution in [3.05, 3.63) is 46.5 Å². The van der Waals surface area contributed by atoms with Crippen molar-refractivity contribution >= 4 is 18.0 Å². The van der Waals surface area contributed by atoms with Crippen molar-refractivity contribution in [2.45, 2.75) is 6.10 Å². The van der Waals surface area contributed by atoms with Crippen LogP contribution in [0.4, 0.5) is 4.79 Å². The summed E-state index contributed by atoms with van der Waals surface area (Å²) in [4.78, 5) is 35.1. The molecule has 24 heavy (non-hydrogen) atoms. The lowest BCUT2D eigenvalue weighted by Crippen LogP contribution is -2.33. The molecule has 1 fully saturated rings. The molecule has 1 aliphatic rings. The highest BCUT2D eigenvalue weighted by Crippen LogP contribution is 2.06.